The Morgan fingerprint density at radius 1 is 1.44 bits per heavy atom. The standard InChI is InChI=1S/C12H9F3N2O/c13-12(14,15)10-6-8(7-16)4-5-9(10)2-1-3-11(17)18/h1-2,4-6H,3H2,(H2,17,18). The molecule has 94 valence electrons. The van der Waals surface area contributed by atoms with Crippen molar-refractivity contribution in [2.45, 2.75) is 12.6 Å². The molecule has 0 saturated heterocycles. The molecule has 0 heterocycles. The molecule has 1 aromatic rings. The highest BCUT2D eigenvalue weighted by Crippen LogP contribution is 2.33. The number of halogens is 3. The molecule has 0 aliphatic carbocycles. The molecule has 3 nitrogen and oxygen atoms in total. The zero-order chi connectivity index (χ0) is 13.8. The van der Waals surface area contributed by atoms with Gasteiger partial charge in [-0.05, 0) is 17.7 Å². The highest BCUT2D eigenvalue weighted by atomic mass is 19.4. The van der Waals surface area contributed by atoms with E-state index in [2.05, 4.69) is 0 Å². The van der Waals surface area contributed by atoms with Crippen LogP contribution in [-0.2, 0) is 11.0 Å². The first-order chi connectivity index (χ1) is 8.34. The van der Waals surface area contributed by atoms with Crippen molar-refractivity contribution in [2.24, 2.45) is 5.73 Å². The van der Waals surface area contributed by atoms with Crippen LogP contribution in [0.4, 0.5) is 13.2 Å². The van der Waals surface area contributed by atoms with Crippen molar-refractivity contribution in [3.8, 4) is 6.07 Å². The minimum absolute atomic E-state index is 0.0747. The fourth-order valence-corrected chi connectivity index (χ4v) is 1.32. The van der Waals surface area contributed by atoms with Crippen molar-refractivity contribution in [3.05, 3.63) is 41.0 Å². The molecule has 0 fully saturated rings. The largest absolute Gasteiger partial charge is 0.417 e. The summed E-state index contributed by atoms with van der Waals surface area (Å²) in [6, 6.07) is 4.87. The fourth-order valence-electron chi connectivity index (χ4n) is 1.32. The summed E-state index contributed by atoms with van der Waals surface area (Å²) in [5.74, 6) is -0.631. The monoisotopic (exact) mass is 254 g/mol. The first-order valence-electron chi connectivity index (χ1n) is 4.91. The first-order valence-corrected chi connectivity index (χ1v) is 4.91. The summed E-state index contributed by atoms with van der Waals surface area (Å²) in [5, 5.41) is 8.57. The average molecular weight is 254 g/mol. The molecule has 6 heteroatoms. The maximum Gasteiger partial charge on any atom is 0.417 e. The van der Waals surface area contributed by atoms with Gasteiger partial charge in [-0.15, -0.1) is 0 Å². The molecule has 0 aliphatic rings. The van der Waals surface area contributed by atoms with Gasteiger partial charge in [-0.1, -0.05) is 18.2 Å². The van der Waals surface area contributed by atoms with Gasteiger partial charge >= 0.3 is 6.18 Å². The van der Waals surface area contributed by atoms with Crippen LogP contribution in [0.25, 0.3) is 6.08 Å². The highest BCUT2D eigenvalue weighted by Gasteiger charge is 2.32. The lowest BCUT2D eigenvalue weighted by atomic mass is 10.0. The number of nitriles is 1. The van der Waals surface area contributed by atoms with E-state index in [0.717, 1.165) is 12.1 Å². The van der Waals surface area contributed by atoms with Gasteiger partial charge in [0.05, 0.1) is 17.2 Å². The smallest absolute Gasteiger partial charge is 0.369 e. The summed E-state index contributed by atoms with van der Waals surface area (Å²) < 4.78 is 38.1. The van der Waals surface area contributed by atoms with E-state index in [1.54, 1.807) is 6.07 Å². The number of amides is 1. The number of benzene rings is 1. The van der Waals surface area contributed by atoms with E-state index in [9.17, 15) is 18.0 Å². The third kappa shape index (κ3) is 3.63. The van der Waals surface area contributed by atoms with Crippen molar-refractivity contribution in [1.29, 1.82) is 5.26 Å². The van der Waals surface area contributed by atoms with E-state index in [1.807, 2.05) is 0 Å². The Morgan fingerprint density at radius 2 is 2.11 bits per heavy atom. The number of nitrogens with zero attached hydrogens (tertiary/aromatic N) is 1. The van der Waals surface area contributed by atoms with Crippen LogP contribution in [0.2, 0.25) is 0 Å². The van der Waals surface area contributed by atoms with Crippen LogP contribution in [0.15, 0.2) is 24.3 Å². The van der Waals surface area contributed by atoms with E-state index >= 15 is 0 Å². The number of nitrogens with two attached hydrogens (primary N) is 1. The Labute approximate surface area is 101 Å². The Balaban J connectivity index is 3.16. The molecule has 1 aromatic carbocycles. The number of rotatable bonds is 3. The van der Waals surface area contributed by atoms with E-state index in [1.165, 1.54) is 18.2 Å². The molecule has 0 aromatic heterocycles. The molecule has 0 saturated carbocycles. The quantitative estimate of drug-likeness (QED) is 0.900. The predicted molar refractivity (Wildman–Crippen MR) is 59.0 cm³/mol. The Hall–Kier alpha value is -2.29. The van der Waals surface area contributed by atoms with Crippen molar-refractivity contribution in [1.82, 2.24) is 0 Å². The lowest BCUT2D eigenvalue weighted by Gasteiger charge is -2.10. The summed E-state index contributed by atoms with van der Waals surface area (Å²) >= 11 is 0. The Kier molecular flexibility index (Phi) is 4.10. The second-order valence-electron chi connectivity index (χ2n) is 3.48. The summed E-state index contributed by atoms with van der Waals surface area (Å²) in [4.78, 5) is 10.5. The van der Waals surface area contributed by atoms with Crippen LogP contribution in [0.5, 0.6) is 0 Å². The second kappa shape index (κ2) is 5.36. The van der Waals surface area contributed by atoms with E-state index < -0.39 is 17.6 Å². The van der Waals surface area contributed by atoms with Gasteiger partial charge in [0, 0.05) is 6.42 Å². The van der Waals surface area contributed by atoms with Gasteiger partial charge in [0.25, 0.3) is 0 Å². The van der Waals surface area contributed by atoms with Crippen molar-refractivity contribution >= 4 is 12.0 Å². The third-order valence-electron chi connectivity index (χ3n) is 2.10. The van der Waals surface area contributed by atoms with Crippen LogP contribution in [0.3, 0.4) is 0 Å². The molecular weight excluding hydrogens is 245 g/mol. The third-order valence-corrected chi connectivity index (χ3v) is 2.10. The van der Waals surface area contributed by atoms with E-state index in [-0.39, 0.29) is 17.5 Å². The Bertz CT molecular complexity index is 527. The molecule has 0 aliphatic heterocycles. The van der Waals surface area contributed by atoms with Crippen LogP contribution in [0.1, 0.15) is 23.1 Å². The number of hydrogen-bond donors (Lipinski definition) is 1. The Morgan fingerprint density at radius 3 is 2.61 bits per heavy atom. The predicted octanol–water partition coefficient (Wildman–Crippen LogP) is 2.47. The van der Waals surface area contributed by atoms with Crippen molar-refractivity contribution < 1.29 is 18.0 Å². The number of carbonyl (C=O) groups is 1. The normalized spacial score (nSPS) is 11.4. The molecule has 0 spiro atoms. The minimum atomic E-state index is -4.56. The maximum absolute atomic E-state index is 12.7. The van der Waals surface area contributed by atoms with Gasteiger partial charge in [0.1, 0.15) is 0 Å². The molecule has 1 amide bonds. The fraction of sp³-hybridized carbons (Fsp3) is 0.167. The summed E-state index contributed by atoms with van der Waals surface area (Å²) in [5.41, 5.74) is 3.77. The molecule has 2 N–H and O–H groups in total. The van der Waals surface area contributed by atoms with Gasteiger partial charge in [-0.25, -0.2) is 0 Å². The van der Waals surface area contributed by atoms with Crippen LogP contribution in [0, 0.1) is 11.3 Å². The number of hydrogen-bond acceptors (Lipinski definition) is 2. The highest BCUT2D eigenvalue weighted by molar-refractivity contribution is 5.76. The summed E-state index contributed by atoms with van der Waals surface area (Å²) in [6.07, 6.45) is -2.29. The molecular formula is C12H9F3N2O. The SMILES string of the molecule is N#Cc1ccc(C=CCC(N)=O)c(C(F)(F)F)c1. The molecule has 0 atom stereocenters. The van der Waals surface area contributed by atoms with Crippen LogP contribution < -0.4 is 5.73 Å². The minimum Gasteiger partial charge on any atom is -0.369 e. The van der Waals surface area contributed by atoms with E-state index in [0.29, 0.717) is 0 Å². The topological polar surface area (TPSA) is 66.9 Å². The number of alkyl halides is 3. The molecule has 0 unspecified atom stereocenters. The van der Waals surface area contributed by atoms with Gasteiger partial charge in [-0.3, -0.25) is 4.79 Å². The summed E-state index contributed by atoms with van der Waals surface area (Å²) in [6.45, 7) is 0. The van der Waals surface area contributed by atoms with Crippen LogP contribution in [-0.4, -0.2) is 5.91 Å². The summed E-state index contributed by atoms with van der Waals surface area (Å²) in [7, 11) is 0. The molecule has 1 rings (SSSR count). The first kappa shape index (κ1) is 13.8. The number of carbonyl (C=O) groups excluding carboxylic acids is 1. The molecule has 0 bridgehead atoms. The lowest BCUT2D eigenvalue weighted by Crippen LogP contribution is -2.09. The second-order valence-corrected chi connectivity index (χ2v) is 3.48. The van der Waals surface area contributed by atoms with E-state index in [4.69, 9.17) is 11.0 Å². The van der Waals surface area contributed by atoms with Crippen molar-refractivity contribution in [2.75, 3.05) is 0 Å². The molecule has 0 radical (unpaired) electrons. The van der Waals surface area contributed by atoms with Gasteiger partial charge in [-0.2, -0.15) is 18.4 Å². The van der Waals surface area contributed by atoms with Gasteiger partial charge < -0.3 is 5.73 Å². The van der Waals surface area contributed by atoms with Gasteiger partial charge in [0.15, 0.2) is 0 Å². The molecule has 18 heavy (non-hydrogen) atoms. The van der Waals surface area contributed by atoms with Gasteiger partial charge in [0.2, 0.25) is 5.91 Å². The average Bonchev–Trinajstić information content (AvgIpc) is 2.27. The lowest BCUT2D eigenvalue weighted by molar-refractivity contribution is -0.137. The van der Waals surface area contributed by atoms with Crippen LogP contribution >= 0.6 is 0 Å². The van der Waals surface area contributed by atoms with Crippen molar-refractivity contribution in [3.63, 3.8) is 0 Å². The number of primary amides is 1. The zero-order valence-electron chi connectivity index (χ0n) is 9.16. The zero-order valence-corrected chi connectivity index (χ0v) is 9.16. The maximum atomic E-state index is 12.7.